The van der Waals surface area contributed by atoms with Crippen LogP contribution < -0.4 is 10.6 Å². The van der Waals surface area contributed by atoms with E-state index < -0.39 is 0 Å². The highest BCUT2D eigenvalue weighted by Gasteiger charge is 2.45. The van der Waals surface area contributed by atoms with E-state index in [9.17, 15) is 4.79 Å². The zero-order valence-corrected chi connectivity index (χ0v) is 9.82. The van der Waals surface area contributed by atoms with Gasteiger partial charge in [-0.3, -0.25) is 9.69 Å². The van der Waals surface area contributed by atoms with Crippen LogP contribution in [0.1, 0.15) is 25.0 Å². The average molecular weight is 222 g/mol. The molecule has 1 amide bonds. The van der Waals surface area contributed by atoms with Gasteiger partial charge in [0.25, 0.3) is 0 Å². The first kappa shape index (κ1) is 11.2. The Morgan fingerprint density at radius 2 is 2.25 bits per heavy atom. The summed E-state index contributed by atoms with van der Waals surface area (Å²) in [6, 6.07) is 3.67. The van der Waals surface area contributed by atoms with Crippen molar-refractivity contribution in [2.75, 3.05) is 18.5 Å². The summed E-state index contributed by atoms with van der Waals surface area (Å²) < 4.78 is 5.44. The van der Waals surface area contributed by atoms with Crippen LogP contribution in [-0.4, -0.2) is 19.5 Å². The fraction of sp³-hybridized carbons (Fsp3) is 0.583. The minimum absolute atomic E-state index is 0.0793. The minimum Gasteiger partial charge on any atom is -0.445 e. The van der Waals surface area contributed by atoms with E-state index in [1.807, 2.05) is 19.1 Å². The standard InChI is InChI=1S/C12H18N2O2/c1-9-4-5-10(16-9)14(2)11(15)12(8-13)6-3-7-12/h4-5H,3,6-8,13H2,1-2H3. The SMILES string of the molecule is Cc1ccc(N(C)C(=O)C2(CN)CCC2)o1. The Morgan fingerprint density at radius 3 is 2.62 bits per heavy atom. The normalized spacial score (nSPS) is 17.9. The number of rotatable bonds is 3. The second-order valence-electron chi connectivity index (χ2n) is 4.59. The summed E-state index contributed by atoms with van der Waals surface area (Å²) in [6.45, 7) is 2.29. The van der Waals surface area contributed by atoms with Crippen molar-refractivity contribution in [1.29, 1.82) is 0 Å². The predicted molar refractivity (Wildman–Crippen MR) is 62.2 cm³/mol. The van der Waals surface area contributed by atoms with Crippen LogP contribution in [-0.2, 0) is 4.79 Å². The Bertz CT molecular complexity index is 388. The molecule has 4 heteroatoms. The smallest absolute Gasteiger partial charge is 0.236 e. The molecule has 1 aliphatic rings. The molecule has 1 aromatic rings. The summed E-state index contributed by atoms with van der Waals surface area (Å²) in [5, 5.41) is 0. The van der Waals surface area contributed by atoms with E-state index in [0.717, 1.165) is 25.0 Å². The van der Waals surface area contributed by atoms with Crippen LogP contribution in [0.2, 0.25) is 0 Å². The molecule has 0 radical (unpaired) electrons. The molecular weight excluding hydrogens is 204 g/mol. The number of aryl methyl sites for hydroxylation is 1. The largest absolute Gasteiger partial charge is 0.445 e. The molecule has 4 nitrogen and oxygen atoms in total. The third-order valence-electron chi connectivity index (χ3n) is 3.52. The Balaban J connectivity index is 2.15. The van der Waals surface area contributed by atoms with Crippen LogP contribution in [0.3, 0.4) is 0 Å². The first-order chi connectivity index (χ1) is 7.59. The molecule has 0 bridgehead atoms. The maximum absolute atomic E-state index is 12.3. The number of furan rings is 1. The van der Waals surface area contributed by atoms with Crippen molar-refractivity contribution in [3.05, 3.63) is 17.9 Å². The second-order valence-corrected chi connectivity index (χ2v) is 4.59. The topological polar surface area (TPSA) is 59.5 Å². The molecule has 0 atom stereocenters. The molecule has 88 valence electrons. The Kier molecular flexibility index (Phi) is 2.76. The van der Waals surface area contributed by atoms with Crippen molar-refractivity contribution in [2.24, 2.45) is 11.1 Å². The first-order valence-corrected chi connectivity index (χ1v) is 5.64. The minimum atomic E-state index is -0.338. The lowest BCUT2D eigenvalue weighted by Crippen LogP contribution is -2.51. The number of nitrogens with zero attached hydrogens (tertiary/aromatic N) is 1. The highest BCUT2D eigenvalue weighted by atomic mass is 16.4. The van der Waals surface area contributed by atoms with Crippen molar-refractivity contribution in [2.45, 2.75) is 26.2 Å². The quantitative estimate of drug-likeness (QED) is 0.846. The molecule has 2 N–H and O–H groups in total. The lowest BCUT2D eigenvalue weighted by atomic mass is 9.68. The van der Waals surface area contributed by atoms with Gasteiger partial charge in [0.1, 0.15) is 5.76 Å². The van der Waals surface area contributed by atoms with Gasteiger partial charge in [-0.05, 0) is 25.8 Å². The summed E-state index contributed by atoms with van der Waals surface area (Å²) in [5.74, 6) is 1.49. The molecule has 1 aliphatic carbocycles. The molecule has 0 aromatic carbocycles. The zero-order valence-electron chi connectivity index (χ0n) is 9.82. The summed E-state index contributed by atoms with van der Waals surface area (Å²) in [6.07, 6.45) is 2.88. The van der Waals surface area contributed by atoms with Gasteiger partial charge in [0, 0.05) is 19.7 Å². The Labute approximate surface area is 95.4 Å². The average Bonchev–Trinajstić information content (AvgIpc) is 2.63. The summed E-state index contributed by atoms with van der Waals surface area (Å²) in [4.78, 5) is 13.9. The third-order valence-corrected chi connectivity index (χ3v) is 3.52. The van der Waals surface area contributed by atoms with E-state index >= 15 is 0 Å². The van der Waals surface area contributed by atoms with E-state index in [1.165, 1.54) is 0 Å². The number of amides is 1. The number of anilines is 1. The van der Waals surface area contributed by atoms with Gasteiger partial charge in [-0.1, -0.05) is 6.42 Å². The van der Waals surface area contributed by atoms with Crippen molar-refractivity contribution in [1.82, 2.24) is 0 Å². The number of carbonyl (C=O) groups excluding carboxylic acids is 1. The van der Waals surface area contributed by atoms with Crippen LogP contribution in [0.25, 0.3) is 0 Å². The zero-order chi connectivity index (χ0) is 11.8. The summed E-state index contributed by atoms with van der Waals surface area (Å²) in [5.41, 5.74) is 5.37. The molecule has 1 heterocycles. The van der Waals surface area contributed by atoms with Crippen LogP contribution in [0.4, 0.5) is 5.88 Å². The van der Waals surface area contributed by atoms with E-state index in [0.29, 0.717) is 12.4 Å². The fourth-order valence-corrected chi connectivity index (χ4v) is 2.17. The molecule has 1 aromatic heterocycles. The Hall–Kier alpha value is -1.29. The van der Waals surface area contributed by atoms with Gasteiger partial charge in [-0.15, -0.1) is 0 Å². The first-order valence-electron chi connectivity index (χ1n) is 5.64. The van der Waals surface area contributed by atoms with Gasteiger partial charge < -0.3 is 10.2 Å². The molecule has 0 saturated heterocycles. The maximum Gasteiger partial charge on any atom is 0.236 e. The van der Waals surface area contributed by atoms with E-state index in [4.69, 9.17) is 10.2 Å². The van der Waals surface area contributed by atoms with Gasteiger partial charge in [0.2, 0.25) is 11.8 Å². The van der Waals surface area contributed by atoms with Crippen LogP contribution in [0.5, 0.6) is 0 Å². The molecule has 2 rings (SSSR count). The van der Waals surface area contributed by atoms with E-state index in [2.05, 4.69) is 0 Å². The molecule has 0 spiro atoms. The van der Waals surface area contributed by atoms with Crippen molar-refractivity contribution in [3.63, 3.8) is 0 Å². The van der Waals surface area contributed by atoms with Crippen molar-refractivity contribution < 1.29 is 9.21 Å². The summed E-state index contributed by atoms with van der Waals surface area (Å²) in [7, 11) is 1.75. The van der Waals surface area contributed by atoms with Crippen molar-refractivity contribution in [3.8, 4) is 0 Å². The maximum atomic E-state index is 12.3. The second kappa shape index (κ2) is 3.94. The number of hydrogen-bond donors (Lipinski definition) is 1. The molecule has 1 saturated carbocycles. The number of hydrogen-bond acceptors (Lipinski definition) is 3. The highest BCUT2D eigenvalue weighted by molar-refractivity contribution is 5.96. The van der Waals surface area contributed by atoms with Gasteiger partial charge in [0.05, 0.1) is 5.41 Å². The number of carbonyl (C=O) groups is 1. The lowest BCUT2D eigenvalue weighted by Gasteiger charge is -2.41. The van der Waals surface area contributed by atoms with Gasteiger partial charge in [-0.2, -0.15) is 0 Å². The third kappa shape index (κ3) is 1.63. The van der Waals surface area contributed by atoms with Crippen molar-refractivity contribution >= 4 is 11.8 Å². The van der Waals surface area contributed by atoms with Crippen LogP contribution in [0.15, 0.2) is 16.5 Å². The number of nitrogens with two attached hydrogens (primary N) is 1. The van der Waals surface area contributed by atoms with E-state index in [-0.39, 0.29) is 11.3 Å². The highest BCUT2D eigenvalue weighted by Crippen LogP contribution is 2.42. The van der Waals surface area contributed by atoms with Crippen LogP contribution in [0, 0.1) is 12.3 Å². The summed E-state index contributed by atoms with van der Waals surface area (Å²) >= 11 is 0. The lowest BCUT2D eigenvalue weighted by molar-refractivity contribution is -0.132. The molecule has 0 unspecified atom stereocenters. The van der Waals surface area contributed by atoms with Crippen LogP contribution >= 0.6 is 0 Å². The predicted octanol–water partition coefficient (Wildman–Crippen LogP) is 1.68. The van der Waals surface area contributed by atoms with Gasteiger partial charge >= 0.3 is 0 Å². The fourth-order valence-electron chi connectivity index (χ4n) is 2.17. The van der Waals surface area contributed by atoms with Gasteiger partial charge in [0.15, 0.2) is 0 Å². The molecular formula is C12H18N2O2. The van der Waals surface area contributed by atoms with Gasteiger partial charge in [-0.25, -0.2) is 0 Å². The molecule has 16 heavy (non-hydrogen) atoms. The molecule has 1 fully saturated rings. The van der Waals surface area contributed by atoms with E-state index in [1.54, 1.807) is 11.9 Å². The Morgan fingerprint density at radius 1 is 1.56 bits per heavy atom. The molecule has 0 aliphatic heterocycles. The monoisotopic (exact) mass is 222 g/mol.